The van der Waals surface area contributed by atoms with E-state index in [9.17, 15) is 20.1 Å². The lowest BCUT2D eigenvalue weighted by atomic mass is 10.0. The Kier molecular flexibility index (Phi) is 46.5. The molecule has 0 aliphatic rings. The third-order valence-corrected chi connectivity index (χ3v) is 12.0. The Morgan fingerprint density at radius 3 is 1.07 bits per heavy atom. The first kappa shape index (κ1) is 55.8. The zero-order valence-electron chi connectivity index (χ0n) is 38.5. The van der Waals surface area contributed by atoms with Gasteiger partial charge in [0.1, 0.15) is 0 Å². The second-order valence-corrected chi connectivity index (χ2v) is 17.8. The standard InChI is InChI=1S/C52H101NO4/c1-3-5-7-9-11-13-15-17-18-19-20-21-22-23-24-25-26-27-28-29-30-31-32-33-34-35-37-39-41-43-45-49(55)47-52(57)53-50(48-54)51(56)46-44-42-40-38-36-16-14-12-10-8-6-4-2/h23-24,44,46,49-51,54-56H,3-22,25-43,45,47-48H2,1-2H3,(H,53,57)/b24-23-,46-44+. The van der Waals surface area contributed by atoms with Crippen molar-refractivity contribution in [2.75, 3.05) is 6.61 Å². The summed E-state index contributed by atoms with van der Waals surface area (Å²) in [5.74, 6) is -0.313. The van der Waals surface area contributed by atoms with Gasteiger partial charge in [-0.05, 0) is 44.9 Å². The molecule has 0 rings (SSSR count). The molecule has 0 aliphatic heterocycles. The fourth-order valence-electron chi connectivity index (χ4n) is 8.04. The lowest BCUT2D eigenvalue weighted by Gasteiger charge is -2.21. The van der Waals surface area contributed by atoms with Crippen molar-refractivity contribution in [3.63, 3.8) is 0 Å². The van der Waals surface area contributed by atoms with E-state index in [1.54, 1.807) is 6.08 Å². The summed E-state index contributed by atoms with van der Waals surface area (Å²) in [6.45, 7) is 4.22. The molecule has 0 fully saturated rings. The van der Waals surface area contributed by atoms with Crippen LogP contribution in [-0.4, -0.2) is 46.1 Å². The molecule has 338 valence electrons. The van der Waals surface area contributed by atoms with Gasteiger partial charge in [-0.25, -0.2) is 0 Å². The molecule has 4 N–H and O–H groups in total. The van der Waals surface area contributed by atoms with Crippen LogP contribution in [0.3, 0.4) is 0 Å². The van der Waals surface area contributed by atoms with E-state index in [-0.39, 0.29) is 18.9 Å². The van der Waals surface area contributed by atoms with E-state index in [4.69, 9.17) is 0 Å². The fourth-order valence-corrected chi connectivity index (χ4v) is 8.04. The van der Waals surface area contributed by atoms with E-state index in [0.29, 0.717) is 6.42 Å². The number of allylic oxidation sites excluding steroid dienone is 3. The molecule has 1 amide bonds. The first-order chi connectivity index (χ1) is 28.0. The number of nitrogens with one attached hydrogen (secondary N) is 1. The summed E-state index contributed by atoms with van der Waals surface area (Å²) >= 11 is 0. The Labute approximate surface area is 356 Å². The van der Waals surface area contributed by atoms with Crippen molar-refractivity contribution in [1.82, 2.24) is 5.32 Å². The molecule has 0 aliphatic carbocycles. The first-order valence-electron chi connectivity index (χ1n) is 25.6. The van der Waals surface area contributed by atoms with E-state index in [1.165, 1.54) is 225 Å². The van der Waals surface area contributed by atoms with E-state index >= 15 is 0 Å². The molecule has 3 atom stereocenters. The Hall–Kier alpha value is -1.17. The van der Waals surface area contributed by atoms with Gasteiger partial charge in [-0.3, -0.25) is 4.79 Å². The van der Waals surface area contributed by atoms with E-state index < -0.39 is 18.2 Å². The highest BCUT2D eigenvalue weighted by atomic mass is 16.3. The summed E-state index contributed by atoms with van der Waals surface area (Å²) in [6.07, 6.45) is 59.3. The number of hydrogen-bond donors (Lipinski definition) is 4. The highest BCUT2D eigenvalue weighted by Gasteiger charge is 2.20. The van der Waals surface area contributed by atoms with Crippen LogP contribution in [0, 0.1) is 0 Å². The van der Waals surface area contributed by atoms with Gasteiger partial charge in [0.2, 0.25) is 5.91 Å². The molecule has 0 bridgehead atoms. The van der Waals surface area contributed by atoms with E-state index in [1.807, 2.05) is 6.08 Å². The third-order valence-electron chi connectivity index (χ3n) is 12.0. The van der Waals surface area contributed by atoms with E-state index in [2.05, 4.69) is 31.3 Å². The number of amides is 1. The van der Waals surface area contributed by atoms with Crippen LogP contribution in [0.15, 0.2) is 24.3 Å². The molecule has 5 heteroatoms. The fraction of sp³-hybridized carbons (Fsp3) is 0.904. The van der Waals surface area contributed by atoms with Gasteiger partial charge in [-0.2, -0.15) is 0 Å². The minimum absolute atomic E-state index is 0.0163. The lowest BCUT2D eigenvalue weighted by Crippen LogP contribution is -2.45. The van der Waals surface area contributed by atoms with Crippen LogP contribution in [0.4, 0.5) is 0 Å². The van der Waals surface area contributed by atoms with Crippen molar-refractivity contribution < 1.29 is 20.1 Å². The van der Waals surface area contributed by atoms with Crippen molar-refractivity contribution in [3.05, 3.63) is 24.3 Å². The highest BCUT2D eigenvalue weighted by Crippen LogP contribution is 2.17. The molecule has 3 unspecified atom stereocenters. The second-order valence-electron chi connectivity index (χ2n) is 17.8. The maximum absolute atomic E-state index is 12.4. The number of rotatable bonds is 47. The molecule has 0 saturated carbocycles. The summed E-state index contributed by atoms with van der Waals surface area (Å²) < 4.78 is 0. The zero-order valence-corrected chi connectivity index (χ0v) is 38.5. The number of hydrogen-bond acceptors (Lipinski definition) is 4. The first-order valence-corrected chi connectivity index (χ1v) is 25.6. The van der Waals surface area contributed by atoms with Crippen molar-refractivity contribution in [3.8, 4) is 0 Å². The van der Waals surface area contributed by atoms with E-state index in [0.717, 1.165) is 25.7 Å². The van der Waals surface area contributed by atoms with Crippen LogP contribution in [0.25, 0.3) is 0 Å². The Morgan fingerprint density at radius 2 is 0.737 bits per heavy atom. The topological polar surface area (TPSA) is 89.8 Å². The zero-order chi connectivity index (χ0) is 41.5. The summed E-state index contributed by atoms with van der Waals surface area (Å²) in [6, 6.07) is -0.741. The van der Waals surface area contributed by atoms with Crippen LogP contribution < -0.4 is 5.32 Å². The molecule has 0 saturated heterocycles. The van der Waals surface area contributed by atoms with Gasteiger partial charge in [-0.15, -0.1) is 0 Å². The molecule has 0 aromatic rings. The molecular weight excluding hydrogens is 703 g/mol. The Morgan fingerprint density at radius 1 is 0.439 bits per heavy atom. The van der Waals surface area contributed by atoms with Gasteiger partial charge < -0.3 is 20.6 Å². The molecule has 0 aromatic heterocycles. The molecule has 5 nitrogen and oxygen atoms in total. The SMILES string of the molecule is CCCCCCCCCCCC/C=C/C(O)C(CO)NC(=O)CC(O)CCCCCCCCCCCCCCCC/C=C\CCCCCCCCCCCCCC. The van der Waals surface area contributed by atoms with Crippen LogP contribution in [-0.2, 0) is 4.79 Å². The molecule has 0 aromatic carbocycles. The Balaban J connectivity index is 3.51. The van der Waals surface area contributed by atoms with Crippen LogP contribution in [0.2, 0.25) is 0 Å². The number of aliphatic hydroxyl groups is 3. The predicted octanol–water partition coefficient (Wildman–Crippen LogP) is 15.3. The van der Waals surface area contributed by atoms with Crippen molar-refractivity contribution in [1.29, 1.82) is 0 Å². The van der Waals surface area contributed by atoms with Crippen LogP contribution in [0.1, 0.15) is 277 Å². The number of carbonyl (C=O) groups is 1. The maximum Gasteiger partial charge on any atom is 0.222 e. The smallest absolute Gasteiger partial charge is 0.222 e. The summed E-state index contributed by atoms with van der Waals surface area (Å²) in [7, 11) is 0. The molecule has 0 radical (unpaired) electrons. The largest absolute Gasteiger partial charge is 0.394 e. The molecule has 57 heavy (non-hydrogen) atoms. The van der Waals surface area contributed by atoms with Crippen LogP contribution in [0.5, 0.6) is 0 Å². The minimum atomic E-state index is -0.925. The molecule has 0 heterocycles. The highest BCUT2D eigenvalue weighted by molar-refractivity contribution is 5.76. The average Bonchev–Trinajstić information content (AvgIpc) is 3.20. The molecule has 0 spiro atoms. The van der Waals surface area contributed by atoms with Crippen LogP contribution >= 0.6 is 0 Å². The van der Waals surface area contributed by atoms with Gasteiger partial charge >= 0.3 is 0 Å². The van der Waals surface area contributed by atoms with Gasteiger partial charge in [0.25, 0.3) is 0 Å². The van der Waals surface area contributed by atoms with Gasteiger partial charge in [0.05, 0.1) is 31.3 Å². The minimum Gasteiger partial charge on any atom is -0.394 e. The molecular formula is C52H101NO4. The van der Waals surface area contributed by atoms with Gasteiger partial charge in [0.15, 0.2) is 0 Å². The normalized spacial score (nSPS) is 13.6. The quantitative estimate of drug-likeness (QED) is 0.0364. The van der Waals surface area contributed by atoms with Crippen molar-refractivity contribution in [2.24, 2.45) is 0 Å². The number of aliphatic hydroxyl groups excluding tert-OH is 3. The second kappa shape index (κ2) is 47.5. The van der Waals surface area contributed by atoms with Crippen molar-refractivity contribution >= 4 is 5.91 Å². The lowest BCUT2D eigenvalue weighted by molar-refractivity contribution is -0.124. The average molecular weight is 804 g/mol. The predicted molar refractivity (Wildman–Crippen MR) is 250 cm³/mol. The number of unbranched alkanes of at least 4 members (excludes halogenated alkanes) is 36. The third kappa shape index (κ3) is 44.2. The summed E-state index contributed by atoms with van der Waals surface area (Å²) in [5, 5.41) is 33.3. The summed E-state index contributed by atoms with van der Waals surface area (Å²) in [4.78, 5) is 12.4. The van der Waals surface area contributed by atoms with Gasteiger partial charge in [0, 0.05) is 0 Å². The van der Waals surface area contributed by atoms with Crippen molar-refractivity contribution in [2.45, 2.75) is 295 Å². The maximum atomic E-state index is 12.4. The number of carbonyl (C=O) groups excluding carboxylic acids is 1. The van der Waals surface area contributed by atoms with Gasteiger partial charge in [-0.1, -0.05) is 250 Å². The summed E-state index contributed by atoms with van der Waals surface area (Å²) in [5.41, 5.74) is 0. The Bertz CT molecular complexity index is 844. The monoisotopic (exact) mass is 804 g/mol.